The van der Waals surface area contributed by atoms with Gasteiger partial charge in [0.1, 0.15) is 0 Å². The van der Waals surface area contributed by atoms with Gasteiger partial charge in [0.25, 0.3) is 0 Å². The fraction of sp³-hybridized carbons (Fsp3) is 0.364. The van der Waals surface area contributed by atoms with Gasteiger partial charge in [0.15, 0.2) is 0 Å². The fourth-order valence-corrected chi connectivity index (χ4v) is 1.14. The summed E-state index contributed by atoms with van der Waals surface area (Å²) in [5, 5.41) is 11.6. The van der Waals surface area contributed by atoms with Crippen LogP contribution in [-0.2, 0) is 11.2 Å². The van der Waals surface area contributed by atoms with E-state index in [-0.39, 0.29) is 12.5 Å². The summed E-state index contributed by atoms with van der Waals surface area (Å²) in [7, 11) is 0. The predicted molar refractivity (Wildman–Crippen MR) is 59.2 cm³/mol. The number of nitrogens with one attached hydrogen (secondary N) is 1. The van der Waals surface area contributed by atoms with Crippen molar-refractivity contribution in [1.82, 2.24) is 5.32 Å². The van der Waals surface area contributed by atoms with Crippen LogP contribution >= 0.6 is 0 Å². The molecule has 1 aromatic carbocycles. The zero-order valence-corrected chi connectivity index (χ0v) is 8.73. The first-order valence-electron chi connectivity index (χ1n) is 4.87. The lowest BCUT2D eigenvalue weighted by Gasteiger charge is -2.07. The summed E-state index contributed by atoms with van der Waals surface area (Å²) in [5.41, 5.74) is 7.12. The number of aliphatic hydroxyl groups excluding tert-OH is 1. The van der Waals surface area contributed by atoms with Gasteiger partial charge in [0.05, 0.1) is 12.5 Å². The summed E-state index contributed by atoms with van der Waals surface area (Å²) >= 11 is 0. The van der Waals surface area contributed by atoms with Gasteiger partial charge in [0, 0.05) is 12.2 Å². The lowest BCUT2D eigenvalue weighted by Crippen LogP contribution is -2.31. The molecule has 1 amide bonds. The van der Waals surface area contributed by atoms with E-state index in [9.17, 15) is 4.79 Å². The number of carbonyl (C=O) groups is 1. The fourth-order valence-electron chi connectivity index (χ4n) is 1.14. The maximum absolute atomic E-state index is 11.3. The van der Waals surface area contributed by atoms with E-state index in [1.54, 1.807) is 19.1 Å². The van der Waals surface area contributed by atoms with Gasteiger partial charge in [0.2, 0.25) is 5.91 Å². The first-order valence-corrected chi connectivity index (χ1v) is 4.87. The molecule has 4 heteroatoms. The summed E-state index contributed by atoms with van der Waals surface area (Å²) in [6.07, 6.45) is -0.201. The molecule has 1 aromatic rings. The monoisotopic (exact) mass is 208 g/mol. The van der Waals surface area contributed by atoms with Gasteiger partial charge >= 0.3 is 0 Å². The van der Waals surface area contributed by atoms with Gasteiger partial charge in [-0.2, -0.15) is 0 Å². The Labute approximate surface area is 89.1 Å². The minimum Gasteiger partial charge on any atom is -0.399 e. The van der Waals surface area contributed by atoms with E-state index < -0.39 is 6.10 Å². The smallest absolute Gasteiger partial charge is 0.224 e. The Bertz CT molecular complexity index is 320. The number of benzene rings is 1. The molecule has 4 nitrogen and oxygen atoms in total. The summed E-state index contributed by atoms with van der Waals surface area (Å²) in [6.45, 7) is 1.91. The molecule has 0 saturated heterocycles. The van der Waals surface area contributed by atoms with Crippen LogP contribution in [0.15, 0.2) is 24.3 Å². The summed E-state index contributed by atoms with van der Waals surface area (Å²) in [6, 6.07) is 7.16. The van der Waals surface area contributed by atoms with Crippen molar-refractivity contribution in [2.24, 2.45) is 0 Å². The Kier molecular flexibility index (Phi) is 4.12. The number of rotatable bonds is 4. The number of nitrogens with two attached hydrogens (primary N) is 1. The quantitative estimate of drug-likeness (QED) is 0.623. The first kappa shape index (κ1) is 11.5. The van der Waals surface area contributed by atoms with Gasteiger partial charge in [-0.3, -0.25) is 4.79 Å². The predicted octanol–water partition coefficient (Wildman–Crippen LogP) is 0.308. The van der Waals surface area contributed by atoms with E-state index in [0.717, 1.165) is 5.56 Å². The molecular weight excluding hydrogens is 192 g/mol. The van der Waals surface area contributed by atoms with Crippen LogP contribution in [-0.4, -0.2) is 23.7 Å². The highest BCUT2D eigenvalue weighted by Crippen LogP contribution is 2.05. The van der Waals surface area contributed by atoms with Crippen molar-refractivity contribution in [2.45, 2.75) is 19.4 Å². The maximum Gasteiger partial charge on any atom is 0.224 e. The van der Waals surface area contributed by atoms with Crippen molar-refractivity contribution in [1.29, 1.82) is 0 Å². The molecular formula is C11H16N2O2. The summed E-state index contributed by atoms with van der Waals surface area (Å²) in [5.74, 6) is -0.0966. The Morgan fingerprint density at radius 3 is 2.60 bits per heavy atom. The third-order valence-corrected chi connectivity index (χ3v) is 1.94. The van der Waals surface area contributed by atoms with Crippen LogP contribution in [0.25, 0.3) is 0 Å². The Hall–Kier alpha value is -1.55. The van der Waals surface area contributed by atoms with Gasteiger partial charge < -0.3 is 16.2 Å². The third kappa shape index (κ3) is 4.46. The molecule has 0 spiro atoms. The number of nitrogen functional groups attached to an aromatic ring is 1. The molecule has 0 aromatic heterocycles. The second kappa shape index (κ2) is 5.36. The second-order valence-corrected chi connectivity index (χ2v) is 3.57. The van der Waals surface area contributed by atoms with E-state index in [0.29, 0.717) is 12.1 Å². The molecule has 0 aliphatic rings. The molecule has 0 aliphatic carbocycles. The van der Waals surface area contributed by atoms with Crippen LogP contribution in [0.4, 0.5) is 5.69 Å². The highest BCUT2D eigenvalue weighted by Gasteiger charge is 2.03. The van der Waals surface area contributed by atoms with E-state index >= 15 is 0 Å². The SMILES string of the molecule is C[C@H](O)CNC(=O)Cc1ccc(N)cc1. The van der Waals surface area contributed by atoms with Crippen molar-refractivity contribution >= 4 is 11.6 Å². The Balaban J connectivity index is 2.41. The standard InChI is InChI=1S/C11H16N2O2/c1-8(14)7-13-11(15)6-9-2-4-10(12)5-3-9/h2-5,8,14H,6-7,12H2,1H3,(H,13,15)/t8-/m0/s1. The van der Waals surface area contributed by atoms with E-state index in [2.05, 4.69) is 5.32 Å². The van der Waals surface area contributed by atoms with Crippen LogP contribution in [0.5, 0.6) is 0 Å². The molecule has 0 radical (unpaired) electrons. The first-order chi connectivity index (χ1) is 7.08. The van der Waals surface area contributed by atoms with Crippen LogP contribution in [0.3, 0.4) is 0 Å². The molecule has 15 heavy (non-hydrogen) atoms. The van der Waals surface area contributed by atoms with Crippen molar-refractivity contribution in [3.05, 3.63) is 29.8 Å². The summed E-state index contributed by atoms with van der Waals surface area (Å²) in [4.78, 5) is 11.3. The Morgan fingerprint density at radius 2 is 2.07 bits per heavy atom. The second-order valence-electron chi connectivity index (χ2n) is 3.57. The van der Waals surface area contributed by atoms with Gasteiger partial charge in [-0.15, -0.1) is 0 Å². The molecule has 0 aliphatic heterocycles. The molecule has 0 heterocycles. The summed E-state index contributed by atoms with van der Waals surface area (Å²) < 4.78 is 0. The molecule has 0 bridgehead atoms. The average molecular weight is 208 g/mol. The largest absolute Gasteiger partial charge is 0.399 e. The van der Waals surface area contributed by atoms with Crippen LogP contribution in [0.1, 0.15) is 12.5 Å². The van der Waals surface area contributed by atoms with Crippen molar-refractivity contribution in [3.63, 3.8) is 0 Å². The van der Waals surface area contributed by atoms with Crippen LogP contribution < -0.4 is 11.1 Å². The minimum atomic E-state index is -0.514. The van der Waals surface area contributed by atoms with Crippen LogP contribution in [0.2, 0.25) is 0 Å². The molecule has 1 rings (SSSR count). The number of hydrogen-bond donors (Lipinski definition) is 3. The number of hydrogen-bond acceptors (Lipinski definition) is 3. The van der Waals surface area contributed by atoms with Gasteiger partial charge in [-0.05, 0) is 24.6 Å². The minimum absolute atomic E-state index is 0.0966. The van der Waals surface area contributed by atoms with Crippen molar-refractivity contribution in [3.8, 4) is 0 Å². The van der Waals surface area contributed by atoms with E-state index in [1.165, 1.54) is 0 Å². The topological polar surface area (TPSA) is 75.3 Å². The van der Waals surface area contributed by atoms with Crippen LogP contribution in [0, 0.1) is 0 Å². The van der Waals surface area contributed by atoms with Crippen molar-refractivity contribution in [2.75, 3.05) is 12.3 Å². The van der Waals surface area contributed by atoms with Gasteiger partial charge in [-0.25, -0.2) is 0 Å². The van der Waals surface area contributed by atoms with Gasteiger partial charge in [-0.1, -0.05) is 12.1 Å². The zero-order chi connectivity index (χ0) is 11.3. The normalized spacial score (nSPS) is 12.1. The highest BCUT2D eigenvalue weighted by atomic mass is 16.3. The molecule has 4 N–H and O–H groups in total. The van der Waals surface area contributed by atoms with E-state index in [4.69, 9.17) is 10.8 Å². The van der Waals surface area contributed by atoms with Crippen molar-refractivity contribution < 1.29 is 9.90 Å². The molecule has 0 saturated carbocycles. The maximum atomic E-state index is 11.3. The molecule has 1 atom stereocenters. The molecule has 82 valence electrons. The average Bonchev–Trinajstić information content (AvgIpc) is 2.19. The lowest BCUT2D eigenvalue weighted by atomic mass is 10.1. The van der Waals surface area contributed by atoms with E-state index in [1.807, 2.05) is 12.1 Å². The number of amides is 1. The molecule has 0 fully saturated rings. The lowest BCUT2D eigenvalue weighted by molar-refractivity contribution is -0.120. The third-order valence-electron chi connectivity index (χ3n) is 1.94. The number of carbonyl (C=O) groups excluding carboxylic acids is 1. The number of aliphatic hydroxyl groups is 1. The Morgan fingerprint density at radius 1 is 1.47 bits per heavy atom. The molecule has 0 unspecified atom stereocenters. The number of anilines is 1. The highest BCUT2D eigenvalue weighted by molar-refractivity contribution is 5.78. The zero-order valence-electron chi connectivity index (χ0n) is 8.73.